The van der Waals surface area contributed by atoms with Gasteiger partial charge in [0.25, 0.3) is 5.91 Å². The Balaban J connectivity index is 2.33. The van der Waals surface area contributed by atoms with Gasteiger partial charge in [0.1, 0.15) is 11.6 Å². The number of ether oxygens (including phenoxy) is 1. The van der Waals surface area contributed by atoms with Gasteiger partial charge in [0.05, 0.1) is 11.3 Å². The Morgan fingerprint density at radius 1 is 1.21 bits per heavy atom. The number of amides is 1. The molecule has 0 saturated carbocycles. The lowest BCUT2D eigenvalue weighted by molar-refractivity contribution is -0.153. The maximum Gasteiger partial charge on any atom is 0.422 e. The number of halogens is 5. The first-order chi connectivity index (χ1) is 11.2. The molecule has 2 aromatic carbocycles. The molecular formula is C16H12BrF4NO2. The molecule has 0 N–H and O–H groups in total. The highest BCUT2D eigenvalue weighted by atomic mass is 79.9. The Bertz CT molecular complexity index is 749. The molecule has 0 aliphatic carbocycles. The van der Waals surface area contributed by atoms with Crippen molar-refractivity contribution in [1.29, 1.82) is 0 Å². The van der Waals surface area contributed by atoms with Crippen LogP contribution in [0.4, 0.5) is 23.2 Å². The minimum atomic E-state index is -4.52. The molecule has 128 valence electrons. The maximum atomic E-state index is 13.8. The molecule has 0 atom stereocenters. The van der Waals surface area contributed by atoms with Crippen LogP contribution in [0.5, 0.6) is 5.75 Å². The van der Waals surface area contributed by atoms with Gasteiger partial charge in [-0.15, -0.1) is 0 Å². The molecule has 24 heavy (non-hydrogen) atoms. The number of hydrogen-bond acceptors (Lipinski definition) is 2. The summed E-state index contributed by atoms with van der Waals surface area (Å²) in [5.41, 5.74) is -0.0969. The molecule has 0 saturated heterocycles. The number of carbonyl (C=O) groups is 1. The lowest BCUT2D eigenvalue weighted by atomic mass is 10.1. The number of nitrogens with zero attached hydrogens (tertiary/aromatic N) is 1. The van der Waals surface area contributed by atoms with Crippen LogP contribution in [-0.4, -0.2) is 25.7 Å². The van der Waals surface area contributed by atoms with Gasteiger partial charge in [-0.25, -0.2) is 4.39 Å². The predicted molar refractivity (Wildman–Crippen MR) is 84.8 cm³/mol. The maximum absolute atomic E-state index is 13.8. The third kappa shape index (κ3) is 4.47. The predicted octanol–water partition coefficient (Wildman–Crippen LogP) is 4.81. The Kier molecular flexibility index (Phi) is 5.48. The Morgan fingerprint density at radius 2 is 1.88 bits per heavy atom. The zero-order valence-corrected chi connectivity index (χ0v) is 14.0. The van der Waals surface area contributed by atoms with E-state index in [-0.39, 0.29) is 17.0 Å². The summed E-state index contributed by atoms with van der Waals surface area (Å²) >= 11 is 3.13. The second kappa shape index (κ2) is 7.21. The van der Waals surface area contributed by atoms with Gasteiger partial charge < -0.3 is 9.64 Å². The molecule has 0 unspecified atom stereocenters. The molecule has 0 bridgehead atoms. The third-order valence-electron chi connectivity index (χ3n) is 3.08. The first-order valence-corrected chi connectivity index (χ1v) is 7.50. The zero-order chi connectivity index (χ0) is 17.9. The summed E-state index contributed by atoms with van der Waals surface area (Å²) in [6.45, 7) is -1.50. The zero-order valence-electron chi connectivity index (χ0n) is 12.4. The van der Waals surface area contributed by atoms with Gasteiger partial charge in [0.2, 0.25) is 0 Å². The van der Waals surface area contributed by atoms with Gasteiger partial charge in [-0.05, 0) is 30.3 Å². The molecule has 0 aliphatic rings. The van der Waals surface area contributed by atoms with E-state index in [9.17, 15) is 22.4 Å². The molecule has 0 fully saturated rings. The molecule has 8 heteroatoms. The average molecular weight is 406 g/mol. The largest absolute Gasteiger partial charge is 0.482 e. The molecule has 1 amide bonds. The molecule has 2 rings (SSSR count). The Labute approximate surface area is 144 Å². The molecule has 0 aliphatic heterocycles. The number of hydrogen-bond donors (Lipinski definition) is 0. The summed E-state index contributed by atoms with van der Waals surface area (Å²) in [5, 5.41) is 0. The normalized spacial score (nSPS) is 11.2. The second-order valence-electron chi connectivity index (χ2n) is 4.86. The molecule has 0 heterocycles. The standard InChI is InChI=1S/C16H12BrF4NO2/c1-22(15(23)11-4-2-3-5-12(11)18)13-7-6-10(17)8-14(13)24-9-16(19,20)21/h2-8H,9H2,1H3. The van der Waals surface area contributed by atoms with Crippen LogP contribution >= 0.6 is 15.9 Å². The smallest absolute Gasteiger partial charge is 0.422 e. The van der Waals surface area contributed by atoms with E-state index in [4.69, 9.17) is 4.74 Å². The van der Waals surface area contributed by atoms with E-state index < -0.39 is 24.5 Å². The molecule has 0 spiro atoms. The highest BCUT2D eigenvalue weighted by Gasteiger charge is 2.29. The number of benzene rings is 2. The number of alkyl halides is 3. The van der Waals surface area contributed by atoms with Crippen LogP contribution in [-0.2, 0) is 0 Å². The van der Waals surface area contributed by atoms with Crippen molar-refractivity contribution in [3.05, 3.63) is 58.3 Å². The monoisotopic (exact) mass is 405 g/mol. The SMILES string of the molecule is CN(C(=O)c1ccccc1F)c1ccc(Br)cc1OCC(F)(F)F. The molecule has 0 radical (unpaired) electrons. The fourth-order valence-corrected chi connectivity index (χ4v) is 2.31. The summed E-state index contributed by atoms with van der Waals surface area (Å²) in [4.78, 5) is 13.4. The van der Waals surface area contributed by atoms with Gasteiger partial charge >= 0.3 is 6.18 Å². The highest BCUT2D eigenvalue weighted by Crippen LogP contribution is 2.33. The second-order valence-corrected chi connectivity index (χ2v) is 5.78. The van der Waals surface area contributed by atoms with Gasteiger partial charge in [0, 0.05) is 11.5 Å². The Morgan fingerprint density at radius 3 is 2.50 bits per heavy atom. The van der Waals surface area contributed by atoms with E-state index in [2.05, 4.69) is 15.9 Å². The van der Waals surface area contributed by atoms with Crippen molar-refractivity contribution in [3.63, 3.8) is 0 Å². The Hall–Kier alpha value is -2.09. The quantitative estimate of drug-likeness (QED) is 0.683. The van der Waals surface area contributed by atoms with Crippen LogP contribution in [0.25, 0.3) is 0 Å². The third-order valence-corrected chi connectivity index (χ3v) is 3.58. The van der Waals surface area contributed by atoms with Crippen molar-refractivity contribution in [2.75, 3.05) is 18.6 Å². The molecular weight excluding hydrogens is 394 g/mol. The van der Waals surface area contributed by atoms with Crippen LogP contribution in [0, 0.1) is 5.82 Å². The summed E-state index contributed by atoms with van der Waals surface area (Å²) in [6.07, 6.45) is -4.52. The molecule has 0 aromatic heterocycles. The van der Waals surface area contributed by atoms with Gasteiger partial charge in [-0.2, -0.15) is 13.2 Å². The molecule has 3 nitrogen and oxygen atoms in total. The number of carbonyl (C=O) groups excluding carboxylic acids is 1. The fourth-order valence-electron chi connectivity index (χ4n) is 1.96. The van der Waals surface area contributed by atoms with E-state index in [1.807, 2.05) is 0 Å². The van der Waals surface area contributed by atoms with Crippen molar-refractivity contribution < 1.29 is 27.1 Å². The minimum Gasteiger partial charge on any atom is -0.482 e. The molecule has 2 aromatic rings. The van der Waals surface area contributed by atoms with E-state index in [1.54, 1.807) is 6.07 Å². The summed E-state index contributed by atoms with van der Waals surface area (Å²) in [7, 11) is 1.33. The lowest BCUT2D eigenvalue weighted by Gasteiger charge is -2.21. The fraction of sp³-hybridized carbons (Fsp3) is 0.188. The van der Waals surface area contributed by atoms with Crippen molar-refractivity contribution in [2.45, 2.75) is 6.18 Å². The van der Waals surface area contributed by atoms with Crippen molar-refractivity contribution in [3.8, 4) is 5.75 Å². The summed E-state index contributed by atoms with van der Waals surface area (Å²) in [5.74, 6) is -1.56. The topological polar surface area (TPSA) is 29.5 Å². The minimum absolute atomic E-state index is 0.0932. The van der Waals surface area contributed by atoms with Crippen LogP contribution in [0.15, 0.2) is 46.9 Å². The van der Waals surface area contributed by atoms with Crippen molar-refractivity contribution in [1.82, 2.24) is 0 Å². The summed E-state index contributed by atoms with van der Waals surface area (Å²) < 4.78 is 56.2. The van der Waals surface area contributed by atoms with Crippen LogP contribution in [0.1, 0.15) is 10.4 Å². The first kappa shape index (κ1) is 18.3. The lowest BCUT2D eigenvalue weighted by Crippen LogP contribution is -2.28. The van der Waals surface area contributed by atoms with Crippen molar-refractivity contribution >= 4 is 27.5 Å². The van der Waals surface area contributed by atoms with E-state index >= 15 is 0 Å². The number of anilines is 1. The van der Waals surface area contributed by atoms with Crippen LogP contribution in [0.2, 0.25) is 0 Å². The summed E-state index contributed by atoms with van der Waals surface area (Å²) in [6, 6.07) is 9.62. The van der Waals surface area contributed by atoms with E-state index in [0.29, 0.717) is 4.47 Å². The number of rotatable bonds is 4. The van der Waals surface area contributed by atoms with Gasteiger partial charge in [-0.3, -0.25) is 4.79 Å². The highest BCUT2D eigenvalue weighted by molar-refractivity contribution is 9.10. The van der Waals surface area contributed by atoms with Gasteiger partial charge in [0.15, 0.2) is 6.61 Å². The van der Waals surface area contributed by atoms with E-state index in [1.165, 1.54) is 37.4 Å². The average Bonchev–Trinajstić information content (AvgIpc) is 2.51. The van der Waals surface area contributed by atoms with Crippen LogP contribution < -0.4 is 9.64 Å². The van der Waals surface area contributed by atoms with E-state index in [0.717, 1.165) is 11.0 Å². The van der Waals surface area contributed by atoms with Crippen molar-refractivity contribution in [2.24, 2.45) is 0 Å². The van der Waals surface area contributed by atoms with Crippen LogP contribution in [0.3, 0.4) is 0 Å². The first-order valence-electron chi connectivity index (χ1n) is 6.71. The van der Waals surface area contributed by atoms with Gasteiger partial charge in [-0.1, -0.05) is 28.1 Å².